The summed E-state index contributed by atoms with van der Waals surface area (Å²) in [6.07, 6.45) is 0. The zero-order valence-electron chi connectivity index (χ0n) is 9.04. The Morgan fingerprint density at radius 1 is 1.33 bits per heavy atom. The van der Waals surface area contributed by atoms with Crippen LogP contribution in [0, 0.1) is 11.7 Å². The molecule has 0 fully saturated rings. The Kier molecular flexibility index (Phi) is 5.26. The van der Waals surface area contributed by atoms with Crippen molar-refractivity contribution in [3.05, 3.63) is 35.6 Å². The lowest BCUT2D eigenvalue weighted by molar-refractivity contribution is 0.150. The maximum absolute atomic E-state index is 12.8. The van der Waals surface area contributed by atoms with Gasteiger partial charge >= 0.3 is 0 Å². The van der Waals surface area contributed by atoms with E-state index in [1.54, 1.807) is 7.11 Å². The van der Waals surface area contributed by atoms with Gasteiger partial charge in [-0.2, -0.15) is 0 Å². The van der Waals surface area contributed by atoms with E-state index in [0.717, 1.165) is 10.9 Å². The first-order valence-electron chi connectivity index (χ1n) is 4.99. The van der Waals surface area contributed by atoms with Gasteiger partial charge in [0.2, 0.25) is 0 Å². The minimum Gasteiger partial charge on any atom is -0.384 e. The first kappa shape index (κ1) is 12.7. The molecule has 84 valence electrons. The molecule has 1 nitrogen and oxygen atoms in total. The molecule has 1 rings (SSSR count). The number of halogens is 2. The van der Waals surface area contributed by atoms with Crippen molar-refractivity contribution in [3.8, 4) is 0 Å². The number of hydrogen-bond acceptors (Lipinski definition) is 1. The van der Waals surface area contributed by atoms with E-state index in [2.05, 4.69) is 22.9 Å². The highest BCUT2D eigenvalue weighted by Crippen LogP contribution is 2.26. The molecule has 0 amide bonds. The smallest absolute Gasteiger partial charge is 0.123 e. The Morgan fingerprint density at radius 2 is 1.93 bits per heavy atom. The summed E-state index contributed by atoms with van der Waals surface area (Å²) in [6.45, 7) is 2.85. The first-order chi connectivity index (χ1) is 7.19. The van der Waals surface area contributed by atoms with Crippen molar-refractivity contribution in [1.82, 2.24) is 0 Å². The average molecular weight is 275 g/mol. The van der Waals surface area contributed by atoms with Gasteiger partial charge in [0.15, 0.2) is 0 Å². The second-order valence-corrected chi connectivity index (χ2v) is 4.39. The van der Waals surface area contributed by atoms with Crippen LogP contribution in [-0.4, -0.2) is 19.0 Å². The molecule has 0 heterocycles. The molecule has 0 N–H and O–H groups in total. The molecular formula is C12H16BrFO. The largest absolute Gasteiger partial charge is 0.384 e. The molecule has 0 bridgehead atoms. The van der Waals surface area contributed by atoms with Crippen LogP contribution in [0.5, 0.6) is 0 Å². The Morgan fingerprint density at radius 3 is 2.40 bits per heavy atom. The van der Waals surface area contributed by atoms with E-state index in [9.17, 15) is 4.39 Å². The quantitative estimate of drug-likeness (QED) is 0.746. The predicted octanol–water partition coefficient (Wildman–Crippen LogP) is 3.59. The van der Waals surface area contributed by atoms with E-state index in [1.165, 1.54) is 12.1 Å². The van der Waals surface area contributed by atoms with Crippen molar-refractivity contribution in [2.45, 2.75) is 12.8 Å². The summed E-state index contributed by atoms with van der Waals surface area (Å²) >= 11 is 3.49. The van der Waals surface area contributed by atoms with E-state index >= 15 is 0 Å². The molecule has 1 aromatic rings. The van der Waals surface area contributed by atoms with Gasteiger partial charge in [-0.15, -0.1) is 0 Å². The minimum atomic E-state index is -0.188. The number of hydrogen-bond donors (Lipinski definition) is 0. The Labute approximate surface area is 98.8 Å². The van der Waals surface area contributed by atoms with E-state index < -0.39 is 0 Å². The van der Waals surface area contributed by atoms with Crippen molar-refractivity contribution in [2.24, 2.45) is 5.92 Å². The van der Waals surface area contributed by atoms with Crippen molar-refractivity contribution in [1.29, 1.82) is 0 Å². The summed E-state index contributed by atoms with van der Waals surface area (Å²) < 4.78 is 17.9. The molecule has 0 aromatic heterocycles. The molecule has 2 atom stereocenters. The lowest BCUT2D eigenvalue weighted by atomic mass is 9.89. The fourth-order valence-corrected chi connectivity index (χ4v) is 2.67. The van der Waals surface area contributed by atoms with Gasteiger partial charge in [-0.3, -0.25) is 0 Å². The van der Waals surface area contributed by atoms with Crippen molar-refractivity contribution >= 4 is 15.9 Å². The zero-order valence-corrected chi connectivity index (χ0v) is 10.6. The van der Waals surface area contributed by atoms with Crippen LogP contribution in [0.4, 0.5) is 4.39 Å². The number of ether oxygens (including phenoxy) is 1. The Hall–Kier alpha value is -0.410. The third-order valence-corrected chi connectivity index (χ3v) is 3.28. The normalized spacial score (nSPS) is 14.9. The van der Waals surface area contributed by atoms with Crippen LogP contribution in [0.1, 0.15) is 18.4 Å². The number of benzene rings is 1. The van der Waals surface area contributed by atoms with Crippen LogP contribution in [0.15, 0.2) is 24.3 Å². The summed E-state index contributed by atoms with van der Waals surface area (Å²) in [7, 11) is 1.70. The topological polar surface area (TPSA) is 9.23 Å². The fourth-order valence-electron chi connectivity index (χ4n) is 1.66. The molecule has 2 unspecified atom stereocenters. The fraction of sp³-hybridized carbons (Fsp3) is 0.500. The Balaban J connectivity index is 2.77. The maximum Gasteiger partial charge on any atom is 0.123 e. The molecule has 0 aliphatic rings. The Bertz CT molecular complexity index is 286. The van der Waals surface area contributed by atoms with Gasteiger partial charge in [0.05, 0.1) is 0 Å². The van der Waals surface area contributed by atoms with Crippen LogP contribution in [0.25, 0.3) is 0 Å². The second-order valence-electron chi connectivity index (χ2n) is 3.74. The molecule has 0 spiro atoms. The lowest BCUT2D eigenvalue weighted by Gasteiger charge is -2.21. The highest BCUT2D eigenvalue weighted by molar-refractivity contribution is 9.09. The zero-order chi connectivity index (χ0) is 11.3. The third kappa shape index (κ3) is 3.58. The molecule has 15 heavy (non-hydrogen) atoms. The third-order valence-electron chi connectivity index (χ3n) is 2.58. The molecular weight excluding hydrogens is 259 g/mol. The predicted molar refractivity (Wildman–Crippen MR) is 64.0 cm³/mol. The summed E-state index contributed by atoms with van der Waals surface area (Å²) in [5.74, 6) is 0.594. The molecule has 0 saturated carbocycles. The lowest BCUT2D eigenvalue weighted by Crippen LogP contribution is -2.16. The number of alkyl halides is 1. The van der Waals surface area contributed by atoms with Crippen LogP contribution >= 0.6 is 15.9 Å². The van der Waals surface area contributed by atoms with Crippen molar-refractivity contribution < 1.29 is 9.13 Å². The van der Waals surface area contributed by atoms with Crippen molar-refractivity contribution in [2.75, 3.05) is 19.0 Å². The van der Waals surface area contributed by atoms with E-state index in [1.807, 2.05) is 12.1 Å². The van der Waals surface area contributed by atoms with Crippen molar-refractivity contribution in [3.63, 3.8) is 0 Å². The van der Waals surface area contributed by atoms with E-state index in [0.29, 0.717) is 18.4 Å². The maximum atomic E-state index is 12.8. The first-order valence-corrected chi connectivity index (χ1v) is 6.11. The number of methoxy groups -OCH3 is 1. The number of rotatable bonds is 5. The molecule has 0 saturated heterocycles. The van der Waals surface area contributed by atoms with Gasteiger partial charge in [-0.25, -0.2) is 4.39 Å². The van der Waals surface area contributed by atoms with E-state index in [-0.39, 0.29) is 5.82 Å². The molecule has 0 aliphatic carbocycles. The van der Waals surface area contributed by atoms with Gasteiger partial charge in [0.25, 0.3) is 0 Å². The SMILES string of the molecule is COCC(C)C(CBr)c1ccc(F)cc1. The van der Waals surface area contributed by atoms with Crippen LogP contribution in [0.3, 0.4) is 0 Å². The van der Waals surface area contributed by atoms with Gasteiger partial charge in [-0.05, 0) is 29.5 Å². The summed E-state index contributed by atoms with van der Waals surface area (Å²) in [6, 6.07) is 6.69. The van der Waals surface area contributed by atoms with E-state index in [4.69, 9.17) is 4.74 Å². The standard InChI is InChI=1S/C12H16BrFO/c1-9(8-15-2)12(7-13)10-3-5-11(14)6-4-10/h3-6,9,12H,7-8H2,1-2H3. The van der Waals surface area contributed by atoms with Gasteiger partial charge in [0.1, 0.15) is 5.82 Å². The summed E-state index contributed by atoms with van der Waals surface area (Å²) in [4.78, 5) is 0. The van der Waals surface area contributed by atoms with Gasteiger partial charge in [0, 0.05) is 19.0 Å². The highest BCUT2D eigenvalue weighted by Gasteiger charge is 2.17. The summed E-state index contributed by atoms with van der Waals surface area (Å²) in [5, 5.41) is 0.864. The molecule has 0 radical (unpaired) electrons. The molecule has 1 aromatic carbocycles. The average Bonchev–Trinajstić information content (AvgIpc) is 2.22. The van der Waals surface area contributed by atoms with Crippen LogP contribution in [-0.2, 0) is 4.74 Å². The summed E-state index contributed by atoms with van der Waals surface area (Å²) in [5.41, 5.74) is 1.15. The van der Waals surface area contributed by atoms with Gasteiger partial charge < -0.3 is 4.74 Å². The van der Waals surface area contributed by atoms with Gasteiger partial charge in [-0.1, -0.05) is 35.0 Å². The van der Waals surface area contributed by atoms with Crippen LogP contribution < -0.4 is 0 Å². The van der Waals surface area contributed by atoms with Crippen LogP contribution in [0.2, 0.25) is 0 Å². The molecule has 0 aliphatic heterocycles. The second kappa shape index (κ2) is 6.23. The highest BCUT2D eigenvalue weighted by atomic mass is 79.9. The monoisotopic (exact) mass is 274 g/mol. The minimum absolute atomic E-state index is 0.188. The molecule has 3 heteroatoms.